The van der Waals surface area contributed by atoms with Crippen LogP contribution in [0.15, 0.2) is 48.7 Å². The molecule has 0 bridgehead atoms. The molecule has 7 rings (SSSR count). The lowest BCUT2D eigenvalue weighted by Crippen LogP contribution is -2.53. The minimum atomic E-state index is -4.15. The van der Waals surface area contributed by atoms with E-state index in [0.29, 0.717) is 86.7 Å². The molecule has 12 heteroatoms. The number of alkyl halides is 3. The molecule has 4 atom stereocenters. The van der Waals surface area contributed by atoms with Crippen LogP contribution in [0.1, 0.15) is 99.9 Å². The van der Waals surface area contributed by atoms with Gasteiger partial charge in [0.15, 0.2) is 11.5 Å². The molecule has 1 aliphatic heterocycles. The number of aromatic nitrogens is 1. The van der Waals surface area contributed by atoms with Crippen molar-refractivity contribution >= 4 is 23.3 Å². The number of carboxylic acids is 1. The third kappa shape index (κ3) is 8.89. The number of benzene rings is 2. The summed E-state index contributed by atoms with van der Waals surface area (Å²) < 4.78 is 57.5. The zero-order valence-corrected chi connectivity index (χ0v) is 33.5. The number of rotatable bonds is 13. The molecular formula is C44H55ClF3N3O5. The van der Waals surface area contributed by atoms with Crippen molar-refractivity contribution in [3.8, 4) is 17.2 Å². The summed E-state index contributed by atoms with van der Waals surface area (Å²) in [5, 5.41) is 14.6. The standard InChI is InChI=1S/C44H55ClF3N3O5/c1-28(25-54-37-11-17-49-36-10-4-7-29(2)40(36)37)19-32-20-31-21-38-39(56-27-30(26-55-38)24-51(3)18-6-12-44(46,47)48)23-35(31)42(32)13-15-43(16-14-42,41(52)53)50-34-9-5-8-33(45)22-34/h5,8-9,11,17,21-23,28-30,32,50H,4,6-7,10,12-16,18-20,24-27H2,1-3H3,(H,52,53)/t28-,29-,30?,32?,42?,43?/m1/s1. The van der Waals surface area contributed by atoms with Gasteiger partial charge in [-0.3, -0.25) is 4.98 Å². The largest absolute Gasteiger partial charge is 0.493 e. The first kappa shape index (κ1) is 40.5. The molecule has 4 aliphatic rings. The molecule has 0 saturated heterocycles. The normalized spacial score (nSPS) is 26.3. The van der Waals surface area contributed by atoms with Gasteiger partial charge in [0.2, 0.25) is 0 Å². The van der Waals surface area contributed by atoms with E-state index >= 15 is 0 Å². The number of carbonyl (C=O) groups is 1. The van der Waals surface area contributed by atoms with Crippen molar-refractivity contribution in [3.63, 3.8) is 0 Å². The van der Waals surface area contributed by atoms with Crippen LogP contribution in [0.2, 0.25) is 5.02 Å². The molecule has 0 radical (unpaired) electrons. The summed E-state index contributed by atoms with van der Waals surface area (Å²) in [6, 6.07) is 13.5. The molecule has 3 aliphatic carbocycles. The van der Waals surface area contributed by atoms with E-state index in [4.69, 9.17) is 25.8 Å². The number of nitrogens with one attached hydrogen (secondary N) is 1. The van der Waals surface area contributed by atoms with Crippen LogP contribution in [-0.2, 0) is 23.1 Å². The van der Waals surface area contributed by atoms with Crippen molar-refractivity contribution in [2.45, 2.75) is 108 Å². The van der Waals surface area contributed by atoms with Gasteiger partial charge in [-0.05, 0) is 148 Å². The monoisotopic (exact) mass is 797 g/mol. The molecule has 8 nitrogen and oxygen atoms in total. The van der Waals surface area contributed by atoms with Gasteiger partial charge in [-0.1, -0.05) is 31.5 Å². The second kappa shape index (κ2) is 16.6. The summed E-state index contributed by atoms with van der Waals surface area (Å²) in [5.41, 5.74) is 4.09. The first-order chi connectivity index (χ1) is 26.7. The van der Waals surface area contributed by atoms with Gasteiger partial charge in [-0.2, -0.15) is 13.2 Å². The molecule has 1 saturated carbocycles. The third-order valence-electron chi connectivity index (χ3n) is 12.9. The quantitative estimate of drug-likeness (QED) is 0.177. The first-order valence-corrected chi connectivity index (χ1v) is 20.7. The van der Waals surface area contributed by atoms with Crippen LogP contribution >= 0.6 is 11.6 Å². The fourth-order valence-corrected chi connectivity index (χ4v) is 10.2. The van der Waals surface area contributed by atoms with Crippen LogP contribution in [-0.4, -0.2) is 72.6 Å². The molecule has 2 N–H and O–H groups in total. The van der Waals surface area contributed by atoms with E-state index < -0.39 is 24.1 Å². The van der Waals surface area contributed by atoms with E-state index in [9.17, 15) is 23.1 Å². The predicted molar refractivity (Wildman–Crippen MR) is 211 cm³/mol. The maximum atomic E-state index is 13.1. The molecule has 1 aromatic heterocycles. The average Bonchev–Trinajstić information content (AvgIpc) is 3.27. The van der Waals surface area contributed by atoms with Crippen LogP contribution in [0.5, 0.6) is 17.2 Å². The lowest BCUT2D eigenvalue weighted by atomic mass is 9.59. The molecule has 2 unspecified atom stereocenters. The Kier molecular flexibility index (Phi) is 12.0. The zero-order valence-electron chi connectivity index (χ0n) is 32.7. The highest BCUT2D eigenvalue weighted by atomic mass is 35.5. The van der Waals surface area contributed by atoms with Crippen LogP contribution < -0.4 is 19.5 Å². The highest BCUT2D eigenvalue weighted by Gasteiger charge is 2.54. The Hall–Kier alpha value is -3.70. The van der Waals surface area contributed by atoms with Crippen molar-refractivity contribution in [1.82, 2.24) is 9.88 Å². The number of aliphatic carboxylic acids is 1. The van der Waals surface area contributed by atoms with Gasteiger partial charge < -0.3 is 29.5 Å². The molecule has 2 heterocycles. The average molecular weight is 798 g/mol. The maximum Gasteiger partial charge on any atom is 0.389 e. The number of nitrogens with zero attached hydrogens (tertiary/aromatic N) is 2. The van der Waals surface area contributed by atoms with Gasteiger partial charge in [0.1, 0.15) is 11.3 Å². The van der Waals surface area contributed by atoms with Crippen LogP contribution in [0.3, 0.4) is 0 Å². The number of ether oxygens (including phenoxy) is 3. The summed E-state index contributed by atoms with van der Waals surface area (Å²) >= 11 is 6.29. The number of fused-ring (bicyclic) bond motifs is 4. The van der Waals surface area contributed by atoms with Gasteiger partial charge in [0.05, 0.1) is 19.8 Å². The van der Waals surface area contributed by atoms with Crippen LogP contribution in [0, 0.1) is 17.8 Å². The van der Waals surface area contributed by atoms with Crippen molar-refractivity contribution < 1.29 is 37.3 Å². The Balaban J connectivity index is 1.10. The highest BCUT2D eigenvalue weighted by Crippen LogP contribution is 2.58. The number of anilines is 1. The number of carboxylic acid groups (broad SMARTS) is 1. The Bertz CT molecular complexity index is 1870. The Morgan fingerprint density at radius 3 is 2.59 bits per heavy atom. The maximum absolute atomic E-state index is 13.1. The number of pyridine rings is 1. The molecule has 0 amide bonds. The van der Waals surface area contributed by atoms with Gasteiger partial charge >= 0.3 is 12.1 Å². The van der Waals surface area contributed by atoms with Crippen molar-refractivity contribution in [3.05, 3.63) is 76.1 Å². The summed E-state index contributed by atoms with van der Waals surface area (Å²) in [5.74, 6) is 2.34. The van der Waals surface area contributed by atoms with Crippen LogP contribution in [0.4, 0.5) is 18.9 Å². The van der Waals surface area contributed by atoms with Crippen molar-refractivity contribution in [2.24, 2.45) is 17.8 Å². The summed E-state index contributed by atoms with van der Waals surface area (Å²) in [4.78, 5) is 19.6. The second-order valence-corrected chi connectivity index (χ2v) is 17.6. The Morgan fingerprint density at radius 1 is 1.12 bits per heavy atom. The fourth-order valence-electron chi connectivity index (χ4n) is 9.99. The fraction of sp³-hybridized carbons (Fsp3) is 0.591. The molecule has 3 aromatic rings. The smallest absolute Gasteiger partial charge is 0.389 e. The second-order valence-electron chi connectivity index (χ2n) is 17.1. The lowest BCUT2D eigenvalue weighted by Gasteiger charge is -2.47. The van der Waals surface area contributed by atoms with E-state index in [0.717, 1.165) is 43.5 Å². The predicted octanol–water partition coefficient (Wildman–Crippen LogP) is 9.86. The molecule has 304 valence electrons. The van der Waals surface area contributed by atoms with Gasteiger partial charge in [0, 0.05) is 47.0 Å². The van der Waals surface area contributed by atoms with E-state index in [1.165, 1.54) is 16.7 Å². The summed E-state index contributed by atoms with van der Waals surface area (Å²) in [6.07, 6.45) is 4.22. The van der Waals surface area contributed by atoms with Gasteiger partial charge in [0.25, 0.3) is 0 Å². The Morgan fingerprint density at radius 2 is 1.88 bits per heavy atom. The third-order valence-corrected chi connectivity index (χ3v) is 13.1. The Labute approximate surface area is 333 Å². The molecular weight excluding hydrogens is 743 g/mol. The minimum absolute atomic E-state index is 0.00638. The highest BCUT2D eigenvalue weighted by molar-refractivity contribution is 6.30. The topological polar surface area (TPSA) is 93.2 Å². The lowest BCUT2D eigenvalue weighted by molar-refractivity contribution is -0.144. The number of hydrogen-bond acceptors (Lipinski definition) is 7. The summed E-state index contributed by atoms with van der Waals surface area (Å²) in [6.45, 7) is 6.80. The minimum Gasteiger partial charge on any atom is -0.493 e. The number of halogens is 4. The van der Waals surface area contributed by atoms with E-state index in [2.05, 4.69) is 36.3 Å². The van der Waals surface area contributed by atoms with Crippen molar-refractivity contribution in [2.75, 3.05) is 45.3 Å². The van der Waals surface area contributed by atoms with E-state index in [-0.39, 0.29) is 29.6 Å². The molecule has 56 heavy (non-hydrogen) atoms. The number of hydrogen-bond donors (Lipinski definition) is 2. The van der Waals surface area contributed by atoms with Gasteiger partial charge in [-0.15, -0.1) is 0 Å². The molecule has 2 aromatic carbocycles. The summed E-state index contributed by atoms with van der Waals surface area (Å²) in [7, 11) is 1.84. The molecule has 1 spiro atoms. The van der Waals surface area contributed by atoms with Crippen LogP contribution in [0.25, 0.3) is 0 Å². The SMILES string of the molecule is C[C@@H](COc1ccnc2c1[C@H](C)CCC2)CC1Cc2cc3c(cc2C12CCC(Nc1cccc(Cl)c1)(C(=O)O)CC2)OCC(CN(C)CCCC(F)(F)F)CO3. The number of aryl methyl sites for hydroxylation is 1. The zero-order chi connectivity index (χ0) is 39.7. The van der Waals surface area contributed by atoms with E-state index in [1.807, 2.05) is 36.3 Å². The van der Waals surface area contributed by atoms with Crippen molar-refractivity contribution in [1.29, 1.82) is 0 Å². The first-order valence-electron chi connectivity index (χ1n) is 20.3. The molecule has 1 fully saturated rings. The van der Waals surface area contributed by atoms with E-state index in [1.54, 1.807) is 12.1 Å². The van der Waals surface area contributed by atoms with Gasteiger partial charge in [-0.25, -0.2) is 4.79 Å².